The van der Waals surface area contributed by atoms with Gasteiger partial charge < -0.3 is 15.0 Å². The van der Waals surface area contributed by atoms with Crippen LogP contribution in [0.3, 0.4) is 0 Å². The number of imidazole rings is 1. The lowest BCUT2D eigenvalue weighted by atomic mass is 10.1. The Kier molecular flexibility index (Phi) is 6.55. The van der Waals surface area contributed by atoms with Crippen LogP contribution in [0.4, 0.5) is 5.69 Å². The summed E-state index contributed by atoms with van der Waals surface area (Å²) in [4.78, 5) is 20.8. The van der Waals surface area contributed by atoms with Crippen LogP contribution in [0.15, 0.2) is 71.6 Å². The molecule has 0 unspecified atom stereocenters. The molecule has 170 valence electrons. The molecule has 0 aliphatic rings. The van der Waals surface area contributed by atoms with Crippen LogP contribution >= 0.6 is 0 Å². The van der Waals surface area contributed by atoms with Gasteiger partial charge in [0, 0.05) is 30.5 Å². The van der Waals surface area contributed by atoms with E-state index in [1.165, 1.54) is 19.2 Å². The van der Waals surface area contributed by atoms with Gasteiger partial charge in [-0.25, -0.2) is 18.1 Å². The second-order valence-electron chi connectivity index (χ2n) is 7.50. The molecule has 1 amide bonds. The first-order valence-corrected chi connectivity index (χ1v) is 11.8. The van der Waals surface area contributed by atoms with E-state index in [4.69, 9.17) is 4.74 Å². The van der Waals surface area contributed by atoms with Gasteiger partial charge in [-0.05, 0) is 61.0 Å². The molecule has 0 saturated carbocycles. The van der Waals surface area contributed by atoms with E-state index in [2.05, 4.69) is 20.0 Å². The van der Waals surface area contributed by atoms with Gasteiger partial charge in [-0.3, -0.25) is 4.79 Å². The van der Waals surface area contributed by atoms with Crippen LogP contribution in [0.1, 0.15) is 15.9 Å². The highest BCUT2D eigenvalue weighted by atomic mass is 32.2. The number of methoxy groups -OCH3 is 1. The summed E-state index contributed by atoms with van der Waals surface area (Å²) < 4.78 is 32.3. The molecule has 4 aromatic rings. The Hall–Kier alpha value is -3.53. The van der Waals surface area contributed by atoms with E-state index in [0.29, 0.717) is 11.3 Å². The molecule has 3 N–H and O–H groups in total. The van der Waals surface area contributed by atoms with Crippen LogP contribution in [0.5, 0.6) is 0 Å². The fourth-order valence-electron chi connectivity index (χ4n) is 3.37. The summed E-state index contributed by atoms with van der Waals surface area (Å²) in [6, 6.07) is 19.5. The number of H-pyrrole nitrogens is 1. The Labute approximate surface area is 192 Å². The maximum atomic E-state index is 12.9. The number of carbonyl (C=O) groups is 1. The Morgan fingerprint density at radius 2 is 1.82 bits per heavy atom. The minimum Gasteiger partial charge on any atom is -0.383 e. The van der Waals surface area contributed by atoms with Crippen LogP contribution < -0.4 is 10.0 Å². The van der Waals surface area contributed by atoms with Gasteiger partial charge in [-0.15, -0.1) is 0 Å². The predicted molar refractivity (Wildman–Crippen MR) is 128 cm³/mol. The highest BCUT2D eigenvalue weighted by Gasteiger charge is 2.18. The van der Waals surface area contributed by atoms with Gasteiger partial charge in [-0.1, -0.05) is 18.2 Å². The van der Waals surface area contributed by atoms with Crippen molar-refractivity contribution in [1.82, 2.24) is 14.7 Å². The van der Waals surface area contributed by atoms with E-state index < -0.39 is 15.9 Å². The van der Waals surface area contributed by atoms with Gasteiger partial charge in [0.1, 0.15) is 5.82 Å². The lowest BCUT2D eigenvalue weighted by Crippen LogP contribution is -2.27. The molecule has 1 aromatic heterocycles. The van der Waals surface area contributed by atoms with E-state index in [1.54, 1.807) is 25.1 Å². The van der Waals surface area contributed by atoms with E-state index in [0.717, 1.165) is 22.4 Å². The summed E-state index contributed by atoms with van der Waals surface area (Å²) in [5.74, 6) is 0.349. The lowest BCUT2D eigenvalue weighted by molar-refractivity contribution is 0.102. The fourth-order valence-corrected chi connectivity index (χ4v) is 4.41. The highest BCUT2D eigenvalue weighted by Crippen LogP contribution is 2.23. The lowest BCUT2D eigenvalue weighted by Gasteiger charge is -2.11. The number of benzene rings is 3. The average Bonchev–Trinajstić information content (AvgIpc) is 3.24. The second kappa shape index (κ2) is 9.53. The molecule has 0 aliphatic heterocycles. The van der Waals surface area contributed by atoms with Crippen molar-refractivity contribution in [1.29, 1.82) is 0 Å². The summed E-state index contributed by atoms with van der Waals surface area (Å²) in [5.41, 5.74) is 4.26. The number of amides is 1. The zero-order valence-corrected chi connectivity index (χ0v) is 19.1. The Bertz CT molecular complexity index is 1360. The molecule has 1 heterocycles. The molecule has 0 atom stereocenters. The number of nitrogens with one attached hydrogen (secondary N) is 3. The van der Waals surface area contributed by atoms with Crippen molar-refractivity contribution < 1.29 is 17.9 Å². The van der Waals surface area contributed by atoms with Gasteiger partial charge in [0.15, 0.2) is 0 Å². The molecule has 0 fully saturated rings. The molecule has 0 saturated heterocycles. The predicted octanol–water partition coefficient (Wildman–Crippen LogP) is 3.72. The smallest absolute Gasteiger partial charge is 0.255 e. The van der Waals surface area contributed by atoms with Crippen LogP contribution in [0.2, 0.25) is 0 Å². The molecular weight excluding hydrogens is 440 g/mol. The number of aryl methyl sites for hydroxylation is 1. The molecule has 3 aromatic carbocycles. The third kappa shape index (κ3) is 5.11. The maximum absolute atomic E-state index is 12.9. The van der Waals surface area contributed by atoms with Gasteiger partial charge in [0.2, 0.25) is 10.0 Å². The zero-order chi connectivity index (χ0) is 23.4. The number of hydrogen-bond donors (Lipinski definition) is 3. The second-order valence-corrected chi connectivity index (χ2v) is 9.27. The first kappa shape index (κ1) is 22.7. The fraction of sp³-hybridized carbons (Fsp3) is 0.167. The summed E-state index contributed by atoms with van der Waals surface area (Å²) >= 11 is 0. The molecule has 0 aliphatic carbocycles. The molecule has 0 radical (unpaired) electrons. The minimum absolute atomic E-state index is 0.0228. The van der Waals surface area contributed by atoms with Crippen molar-refractivity contribution in [3.05, 3.63) is 77.9 Å². The van der Waals surface area contributed by atoms with Crippen molar-refractivity contribution in [3.8, 4) is 11.4 Å². The van der Waals surface area contributed by atoms with Crippen molar-refractivity contribution in [3.63, 3.8) is 0 Å². The summed E-state index contributed by atoms with van der Waals surface area (Å²) in [5, 5.41) is 2.83. The van der Waals surface area contributed by atoms with Gasteiger partial charge >= 0.3 is 0 Å². The quantitative estimate of drug-likeness (QED) is 0.344. The number of rotatable bonds is 8. The largest absolute Gasteiger partial charge is 0.383 e. The Morgan fingerprint density at radius 3 is 2.55 bits per heavy atom. The first-order valence-electron chi connectivity index (χ1n) is 10.3. The number of ether oxygens (including phenoxy) is 1. The topological polar surface area (TPSA) is 113 Å². The molecular formula is C24H24N4O4S. The van der Waals surface area contributed by atoms with Gasteiger partial charge in [0.25, 0.3) is 5.91 Å². The van der Waals surface area contributed by atoms with Gasteiger partial charge in [-0.2, -0.15) is 0 Å². The highest BCUT2D eigenvalue weighted by molar-refractivity contribution is 7.89. The molecule has 0 spiro atoms. The maximum Gasteiger partial charge on any atom is 0.255 e. The van der Waals surface area contributed by atoms with Gasteiger partial charge in [0.05, 0.1) is 22.5 Å². The number of sulfonamides is 1. The summed E-state index contributed by atoms with van der Waals surface area (Å²) in [6.45, 7) is 2.16. The molecule has 8 nitrogen and oxygen atoms in total. The van der Waals surface area contributed by atoms with Crippen LogP contribution in [0, 0.1) is 6.92 Å². The van der Waals surface area contributed by atoms with Crippen LogP contribution in [-0.4, -0.2) is 44.6 Å². The van der Waals surface area contributed by atoms with Crippen molar-refractivity contribution in [2.75, 3.05) is 25.6 Å². The van der Waals surface area contributed by atoms with Crippen molar-refractivity contribution in [2.45, 2.75) is 11.8 Å². The number of nitrogens with zero attached hydrogens (tertiary/aromatic N) is 1. The zero-order valence-electron chi connectivity index (χ0n) is 18.3. The third-order valence-corrected chi connectivity index (χ3v) is 6.63. The molecule has 33 heavy (non-hydrogen) atoms. The van der Waals surface area contributed by atoms with E-state index in [1.807, 2.05) is 36.4 Å². The monoisotopic (exact) mass is 464 g/mol. The third-order valence-electron chi connectivity index (χ3n) is 5.17. The normalized spacial score (nSPS) is 11.6. The Balaban J connectivity index is 1.51. The first-order chi connectivity index (χ1) is 15.9. The van der Waals surface area contributed by atoms with E-state index >= 15 is 0 Å². The van der Waals surface area contributed by atoms with Crippen molar-refractivity contribution in [2.24, 2.45) is 0 Å². The number of anilines is 1. The molecule has 0 bridgehead atoms. The summed E-state index contributed by atoms with van der Waals surface area (Å²) in [6.07, 6.45) is 0. The molecule has 4 rings (SSSR count). The minimum atomic E-state index is -3.75. The van der Waals surface area contributed by atoms with E-state index in [-0.39, 0.29) is 23.6 Å². The Morgan fingerprint density at radius 1 is 1.06 bits per heavy atom. The number of aromatic nitrogens is 2. The van der Waals surface area contributed by atoms with Crippen LogP contribution in [-0.2, 0) is 14.8 Å². The van der Waals surface area contributed by atoms with E-state index in [9.17, 15) is 13.2 Å². The number of fused-ring (bicyclic) bond motifs is 1. The SMILES string of the molecule is COCCNS(=O)(=O)c1ccc(C)c(C(=O)Nc2ccc(-c3nc4ccccc4[nH]3)cc2)c1. The number of carbonyl (C=O) groups excluding carboxylic acids is 1. The average molecular weight is 465 g/mol. The van der Waals surface area contributed by atoms with Crippen molar-refractivity contribution >= 4 is 32.7 Å². The number of aromatic amines is 1. The number of para-hydroxylation sites is 2. The standard InChI is InChI=1S/C24H24N4O4S/c1-16-7-12-19(33(30,31)25-13-14-32-2)15-20(16)24(29)26-18-10-8-17(9-11-18)23-27-21-5-3-4-6-22(21)28-23/h3-12,15,25H,13-14H2,1-2H3,(H,26,29)(H,27,28). The molecule has 9 heteroatoms. The number of hydrogen-bond acceptors (Lipinski definition) is 5. The summed E-state index contributed by atoms with van der Waals surface area (Å²) in [7, 11) is -2.25. The van der Waals surface area contributed by atoms with Crippen LogP contribution in [0.25, 0.3) is 22.4 Å².